The van der Waals surface area contributed by atoms with E-state index >= 15 is 0 Å². The predicted molar refractivity (Wildman–Crippen MR) is 67.9 cm³/mol. The van der Waals surface area contributed by atoms with Gasteiger partial charge in [0, 0.05) is 5.69 Å². The van der Waals surface area contributed by atoms with E-state index in [1.165, 1.54) is 12.8 Å². The van der Waals surface area contributed by atoms with E-state index in [1.807, 2.05) is 12.1 Å². The number of halogens is 1. The standard InChI is InChI=1S/C13H18ClNO/c1-9-3-2-4-11(7-9)16-13-6-5-10(15)8-12(13)14/h5-6,8-9,11H,2-4,7,15H2,1H3. The minimum atomic E-state index is 0.310. The Labute approximate surface area is 102 Å². The quantitative estimate of drug-likeness (QED) is 0.795. The SMILES string of the molecule is CC1CCCC(Oc2ccc(N)cc2Cl)C1. The minimum absolute atomic E-state index is 0.310. The summed E-state index contributed by atoms with van der Waals surface area (Å²) in [4.78, 5) is 0. The second kappa shape index (κ2) is 4.96. The van der Waals surface area contributed by atoms with Gasteiger partial charge in [-0.25, -0.2) is 0 Å². The molecule has 0 aromatic heterocycles. The van der Waals surface area contributed by atoms with E-state index in [2.05, 4.69) is 6.92 Å². The Morgan fingerprint density at radius 1 is 1.38 bits per heavy atom. The van der Waals surface area contributed by atoms with Crippen LogP contribution in [0.1, 0.15) is 32.6 Å². The second-order valence-corrected chi connectivity index (χ2v) is 5.11. The first kappa shape index (κ1) is 11.6. The first-order valence-electron chi connectivity index (χ1n) is 5.87. The summed E-state index contributed by atoms with van der Waals surface area (Å²) in [5.41, 5.74) is 6.32. The van der Waals surface area contributed by atoms with Crippen LogP contribution in [0.2, 0.25) is 5.02 Å². The molecule has 1 aromatic carbocycles. The van der Waals surface area contributed by atoms with Gasteiger partial charge in [0.25, 0.3) is 0 Å². The molecule has 1 aliphatic carbocycles. The third-order valence-electron chi connectivity index (χ3n) is 3.14. The first-order chi connectivity index (χ1) is 7.65. The molecule has 0 radical (unpaired) electrons. The van der Waals surface area contributed by atoms with E-state index in [0.717, 1.165) is 24.5 Å². The maximum Gasteiger partial charge on any atom is 0.138 e. The molecule has 2 atom stereocenters. The van der Waals surface area contributed by atoms with Crippen molar-refractivity contribution in [3.8, 4) is 5.75 Å². The monoisotopic (exact) mass is 239 g/mol. The van der Waals surface area contributed by atoms with Crippen LogP contribution in [0, 0.1) is 5.92 Å². The zero-order valence-corrected chi connectivity index (χ0v) is 10.3. The first-order valence-corrected chi connectivity index (χ1v) is 6.24. The Hall–Kier alpha value is -0.890. The van der Waals surface area contributed by atoms with Crippen LogP contribution in [0.25, 0.3) is 0 Å². The number of hydrogen-bond donors (Lipinski definition) is 1. The van der Waals surface area contributed by atoms with Gasteiger partial charge in [0.15, 0.2) is 0 Å². The van der Waals surface area contributed by atoms with Crippen LogP contribution < -0.4 is 10.5 Å². The van der Waals surface area contributed by atoms with Crippen molar-refractivity contribution in [2.24, 2.45) is 5.92 Å². The van der Waals surface area contributed by atoms with Crippen LogP contribution in [-0.2, 0) is 0 Å². The van der Waals surface area contributed by atoms with Crippen molar-refractivity contribution in [3.63, 3.8) is 0 Å². The highest BCUT2D eigenvalue weighted by Gasteiger charge is 2.20. The number of benzene rings is 1. The molecule has 0 spiro atoms. The van der Waals surface area contributed by atoms with Gasteiger partial charge in [0.1, 0.15) is 5.75 Å². The molecule has 2 N–H and O–H groups in total. The molecule has 1 aromatic rings. The minimum Gasteiger partial charge on any atom is -0.489 e. The maximum absolute atomic E-state index is 6.08. The van der Waals surface area contributed by atoms with Crippen molar-refractivity contribution in [2.75, 3.05) is 5.73 Å². The maximum atomic E-state index is 6.08. The number of anilines is 1. The molecule has 3 heteroatoms. The van der Waals surface area contributed by atoms with E-state index in [4.69, 9.17) is 22.1 Å². The van der Waals surface area contributed by atoms with Crippen LogP contribution in [-0.4, -0.2) is 6.10 Å². The molecular weight excluding hydrogens is 222 g/mol. The van der Waals surface area contributed by atoms with Gasteiger partial charge in [-0.1, -0.05) is 24.9 Å². The van der Waals surface area contributed by atoms with Gasteiger partial charge in [0.2, 0.25) is 0 Å². The number of rotatable bonds is 2. The molecule has 2 unspecified atom stereocenters. The summed E-state index contributed by atoms with van der Waals surface area (Å²) in [7, 11) is 0. The van der Waals surface area contributed by atoms with Crippen LogP contribution in [0.4, 0.5) is 5.69 Å². The summed E-state index contributed by atoms with van der Waals surface area (Å²) >= 11 is 6.08. The molecule has 2 rings (SSSR count). The van der Waals surface area contributed by atoms with Gasteiger partial charge in [0.05, 0.1) is 11.1 Å². The lowest BCUT2D eigenvalue weighted by atomic mass is 9.89. The van der Waals surface area contributed by atoms with Gasteiger partial charge in [-0.3, -0.25) is 0 Å². The molecule has 0 bridgehead atoms. The van der Waals surface area contributed by atoms with Gasteiger partial charge < -0.3 is 10.5 Å². The molecule has 88 valence electrons. The molecule has 1 aliphatic rings. The van der Waals surface area contributed by atoms with Crippen molar-refractivity contribution in [2.45, 2.75) is 38.7 Å². The molecule has 0 heterocycles. The van der Waals surface area contributed by atoms with E-state index in [1.54, 1.807) is 6.07 Å². The average Bonchev–Trinajstić information content (AvgIpc) is 2.22. The summed E-state index contributed by atoms with van der Waals surface area (Å²) in [5, 5.41) is 0.609. The van der Waals surface area contributed by atoms with Gasteiger partial charge in [-0.15, -0.1) is 0 Å². The Bertz CT molecular complexity index is 367. The fourth-order valence-corrected chi connectivity index (χ4v) is 2.51. The van der Waals surface area contributed by atoms with E-state index in [0.29, 0.717) is 16.8 Å². The summed E-state index contributed by atoms with van der Waals surface area (Å²) in [6.07, 6.45) is 5.13. The second-order valence-electron chi connectivity index (χ2n) is 4.70. The Morgan fingerprint density at radius 3 is 2.88 bits per heavy atom. The van der Waals surface area contributed by atoms with Crippen LogP contribution in [0.5, 0.6) is 5.75 Å². The number of hydrogen-bond acceptors (Lipinski definition) is 2. The van der Waals surface area contributed by atoms with Crippen molar-refractivity contribution in [1.29, 1.82) is 0 Å². The van der Waals surface area contributed by atoms with E-state index < -0.39 is 0 Å². The Kier molecular flexibility index (Phi) is 3.59. The van der Waals surface area contributed by atoms with E-state index in [-0.39, 0.29) is 0 Å². The predicted octanol–water partition coefficient (Wildman–Crippen LogP) is 3.88. The summed E-state index contributed by atoms with van der Waals surface area (Å²) in [6.45, 7) is 2.28. The zero-order chi connectivity index (χ0) is 11.5. The van der Waals surface area contributed by atoms with Gasteiger partial charge >= 0.3 is 0 Å². The fraction of sp³-hybridized carbons (Fsp3) is 0.538. The number of nitrogen functional groups attached to an aromatic ring is 1. The normalized spacial score (nSPS) is 25.4. The highest BCUT2D eigenvalue weighted by Crippen LogP contribution is 2.32. The third-order valence-corrected chi connectivity index (χ3v) is 3.43. The molecule has 16 heavy (non-hydrogen) atoms. The molecule has 1 saturated carbocycles. The highest BCUT2D eigenvalue weighted by molar-refractivity contribution is 6.32. The van der Waals surface area contributed by atoms with Gasteiger partial charge in [-0.2, -0.15) is 0 Å². The largest absolute Gasteiger partial charge is 0.489 e. The smallest absolute Gasteiger partial charge is 0.138 e. The van der Waals surface area contributed by atoms with Crippen molar-refractivity contribution in [3.05, 3.63) is 23.2 Å². The lowest BCUT2D eigenvalue weighted by molar-refractivity contribution is 0.129. The molecule has 1 fully saturated rings. The van der Waals surface area contributed by atoms with Crippen molar-refractivity contribution >= 4 is 17.3 Å². The third kappa shape index (κ3) is 2.82. The van der Waals surface area contributed by atoms with E-state index in [9.17, 15) is 0 Å². The molecule has 2 nitrogen and oxygen atoms in total. The van der Waals surface area contributed by atoms with Crippen molar-refractivity contribution < 1.29 is 4.74 Å². The molecule has 0 saturated heterocycles. The number of nitrogens with two attached hydrogens (primary N) is 1. The molecule has 0 amide bonds. The van der Waals surface area contributed by atoms with Crippen LogP contribution >= 0.6 is 11.6 Å². The van der Waals surface area contributed by atoms with Crippen molar-refractivity contribution in [1.82, 2.24) is 0 Å². The lowest BCUT2D eigenvalue weighted by Crippen LogP contribution is -2.24. The summed E-state index contributed by atoms with van der Waals surface area (Å²) < 4.78 is 5.92. The average molecular weight is 240 g/mol. The molecule has 0 aliphatic heterocycles. The Morgan fingerprint density at radius 2 is 2.19 bits per heavy atom. The molecular formula is C13H18ClNO. The highest BCUT2D eigenvalue weighted by atomic mass is 35.5. The fourth-order valence-electron chi connectivity index (χ4n) is 2.28. The van der Waals surface area contributed by atoms with Crippen LogP contribution in [0.15, 0.2) is 18.2 Å². The van der Waals surface area contributed by atoms with Crippen LogP contribution in [0.3, 0.4) is 0 Å². The summed E-state index contributed by atoms with van der Waals surface area (Å²) in [6, 6.07) is 5.42. The summed E-state index contributed by atoms with van der Waals surface area (Å²) in [5.74, 6) is 1.52. The van der Waals surface area contributed by atoms with Gasteiger partial charge in [-0.05, 0) is 43.4 Å². The Balaban J connectivity index is 2.02. The topological polar surface area (TPSA) is 35.2 Å². The zero-order valence-electron chi connectivity index (χ0n) is 9.58. The number of ether oxygens (including phenoxy) is 1. The lowest BCUT2D eigenvalue weighted by Gasteiger charge is -2.27.